The lowest BCUT2D eigenvalue weighted by Crippen LogP contribution is -2.49. The fraction of sp³-hybridized carbons (Fsp3) is 1.00. The normalized spacial score (nSPS) is 19.7. The molecule has 3 nitrogen and oxygen atoms in total. The molecule has 0 heterocycles. The van der Waals surface area contributed by atoms with Crippen LogP contribution in [0.5, 0.6) is 0 Å². The summed E-state index contributed by atoms with van der Waals surface area (Å²) >= 11 is 0. The van der Waals surface area contributed by atoms with E-state index in [4.69, 9.17) is 0 Å². The number of hydrogen-bond acceptors (Lipinski definition) is 3. The summed E-state index contributed by atoms with van der Waals surface area (Å²) < 4.78 is 0. The highest BCUT2D eigenvalue weighted by Gasteiger charge is 2.31. The molecular formula is C15H32N2O. The van der Waals surface area contributed by atoms with Crippen molar-refractivity contribution >= 4 is 0 Å². The second kappa shape index (κ2) is 7.46. The molecule has 1 atom stereocenters. The number of hydrogen-bond donors (Lipinski definition) is 2. The second-order valence-corrected chi connectivity index (χ2v) is 6.40. The van der Waals surface area contributed by atoms with Crippen LogP contribution in [-0.2, 0) is 0 Å². The average Bonchev–Trinajstić information content (AvgIpc) is 2.82. The first-order valence-electron chi connectivity index (χ1n) is 7.59. The van der Waals surface area contributed by atoms with Crippen molar-refractivity contribution in [2.24, 2.45) is 5.41 Å². The first-order valence-corrected chi connectivity index (χ1v) is 7.59. The van der Waals surface area contributed by atoms with Gasteiger partial charge in [0.25, 0.3) is 0 Å². The van der Waals surface area contributed by atoms with Crippen LogP contribution in [0.4, 0.5) is 0 Å². The summed E-state index contributed by atoms with van der Waals surface area (Å²) in [5.41, 5.74) is 0.244. The van der Waals surface area contributed by atoms with Gasteiger partial charge in [-0.25, -0.2) is 0 Å². The summed E-state index contributed by atoms with van der Waals surface area (Å²) in [5, 5.41) is 12.8. The van der Waals surface area contributed by atoms with E-state index in [0.29, 0.717) is 12.1 Å². The maximum absolute atomic E-state index is 9.28. The molecule has 18 heavy (non-hydrogen) atoms. The van der Waals surface area contributed by atoms with Crippen LogP contribution in [0.15, 0.2) is 0 Å². The van der Waals surface area contributed by atoms with Gasteiger partial charge in [-0.3, -0.25) is 4.90 Å². The minimum Gasteiger partial charge on any atom is -0.395 e. The lowest BCUT2D eigenvalue weighted by Gasteiger charge is -2.40. The number of aliphatic hydroxyl groups is 1. The van der Waals surface area contributed by atoms with Gasteiger partial charge in [0.1, 0.15) is 0 Å². The van der Waals surface area contributed by atoms with Crippen molar-refractivity contribution < 1.29 is 5.11 Å². The van der Waals surface area contributed by atoms with Crippen molar-refractivity contribution in [3.63, 3.8) is 0 Å². The molecule has 0 radical (unpaired) electrons. The third kappa shape index (κ3) is 4.52. The summed E-state index contributed by atoms with van der Waals surface area (Å²) in [7, 11) is 0. The second-order valence-electron chi connectivity index (χ2n) is 6.40. The molecule has 108 valence electrons. The molecule has 1 aliphatic carbocycles. The van der Waals surface area contributed by atoms with E-state index in [9.17, 15) is 5.11 Å². The topological polar surface area (TPSA) is 35.5 Å². The smallest absolute Gasteiger partial charge is 0.0558 e. The standard InChI is InChI=1S/C15H32N2O/c1-5-16-13(2)15(3,4)12-17(10-11-18)14-8-6-7-9-14/h13-14,16,18H,5-12H2,1-4H3. The van der Waals surface area contributed by atoms with Crippen molar-refractivity contribution in [2.75, 3.05) is 26.2 Å². The molecule has 1 aliphatic rings. The zero-order valence-electron chi connectivity index (χ0n) is 12.7. The minimum absolute atomic E-state index is 0.244. The zero-order valence-corrected chi connectivity index (χ0v) is 12.7. The Morgan fingerprint density at radius 3 is 2.44 bits per heavy atom. The van der Waals surface area contributed by atoms with E-state index in [2.05, 4.69) is 37.9 Å². The molecule has 0 spiro atoms. The highest BCUT2D eigenvalue weighted by atomic mass is 16.3. The first-order chi connectivity index (χ1) is 8.51. The third-order valence-electron chi connectivity index (χ3n) is 4.52. The molecule has 1 saturated carbocycles. The average molecular weight is 256 g/mol. The maximum Gasteiger partial charge on any atom is 0.0558 e. The van der Waals surface area contributed by atoms with Crippen LogP contribution in [0.2, 0.25) is 0 Å². The molecule has 0 bridgehead atoms. The van der Waals surface area contributed by atoms with Gasteiger partial charge in [-0.05, 0) is 31.7 Å². The maximum atomic E-state index is 9.28. The Morgan fingerprint density at radius 1 is 1.33 bits per heavy atom. The molecule has 1 unspecified atom stereocenters. The predicted octanol–water partition coefficient (Wildman–Crippen LogP) is 2.25. The van der Waals surface area contributed by atoms with E-state index in [1.165, 1.54) is 25.7 Å². The fourth-order valence-corrected chi connectivity index (χ4v) is 3.03. The molecule has 0 amide bonds. The monoisotopic (exact) mass is 256 g/mol. The van der Waals surface area contributed by atoms with E-state index in [0.717, 1.165) is 19.6 Å². The van der Waals surface area contributed by atoms with Crippen molar-refractivity contribution in [3.8, 4) is 0 Å². The Bertz CT molecular complexity index is 225. The van der Waals surface area contributed by atoms with Crippen LogP contribution in [0.25, 0.3) is 0 Å². The van der Waals surface area contributed by atoms with Gasteiger partial charge in [0.15, 0.2) is 0 Å². The lowest BCUT2D eigenvalue weighted by atomic mass is 9.84. The van der Waals surface area contributed by atoms with Crippen LogP contribution in [0.3, 0.4) is 0 Å². The molecule has 0 aromatic rings. The van der Waals surface area contributed by atoms with Crippen molar-refractivity contribution in [1.82, 2.24) is 10.2 Å². The van der Waals surface area contributed by atoms with E-state index < -0.39 is 0 Å². The van der Waals surface area contributed by atoms with Gasteiger partial charge >= 0.3 is 0 Å². The van der Waals surface area contributed by atoms with Crippen molar-refractivity contribution in [2.45, 2.75) is 65.5 Å². The van der Waals surface area contributed by atoms with E-state index in [1.807, 2.05) is 0 Å². The molecule has 0 aromatic heterocycles. The molecule has 0 aromatic carbocycles. The quantitative estimate of drug-likeness (QED) is 0.699. The largest absolute Gasteiger partial charge is 0.395 e. The van der Waals surface area contributed by atoms with Gasteiger partial charge in [0.2, 0.25) is 0 Å². The van der Waals surface area contributed by atoms with E-state index in [-0.39, 0.29) is 12.0 Å². The molecule has 2 N–H and O–H groups in total. The van der Waals surface area contributed by atoms with Crippen molar-refractivity contribution in [3.05, 3.63) is 0 Å². The van der Waals surface area contributed by atoms with Crippen LogP contribution < -0.4 is 5.32 Å². The fourth-order valence-electron chi connectivity index (χ4n) is 3.03. The summed E-state index contributed by atoms with van der Waals surface area (Å²) in [6, 6.07) is 1.20. The highest BCUT2D eigenvalue weighted by Crippen LogP contribution is 2.28. The van der Waals surface area contributed by atoms with Gasteiger partial charge in [-0.2, -0.15) is 0 Å². The molecule has 0 aliphatic heterocycles. The molecule has 0 saturated heterocycles. The van der Waals surface area contributed by atoms with Crippen molar-refractivity contribution in [1.29, 1.82) is 0 Å². The Hall–Kier alpha value is -0.120. The number of nitrogens with one attached hydrogen (secondary N) is 1. The molecular weight excluding hydrogens is 224 g/mol. The summed E-state index contributed by atoms with van der Waals surface area (Å²) in [6.07, 6.45) is 5.34. The SMILES string of the molecule is CCNC(C)C(C)(C)CN(CCO)C1CCCC1. The van der Waals surface area contributed by atoms with Gasteiger partial charge in [0.05, 0.1) is 6.61 Å². The Morgan fingerprint density at radius 2 is 1.94 bits per heavy atom. The lowest BCUT2D eigenvalue weighted by molar-refractivity contribution is 0.0872. The van der Waals surface area contributed by atoms with Crippen LogP contribution >= 0.6 is 0 Å². The van der Waals surface area contributed by atoms with Gasteiger partial charge in [0, 0.05) is 25.2 Å². The third-order valence-corrected chi connectivity index (χ3v) is 4.52. The Labute approximate surface area is 113 Å². The highest BCUT2D eigenvalue weighted by molar-refractivity contribution is 4.87. The van der Waals surface area contributed by atoms with E-state index >= 15 is 0 Å². The van der Waals surface area contributed by atoms with Crippen LogP contribution in [0.1, 0.15) is 53.4 Å². The van der Waals surface area contributed by atoms with Crippen LogP contribution in [0, 0.1) is 5.41 Å². The first kappa shape index (κ1) is 15.9. The number of rotatable bonds is 8. The summed E-state index contributed by atoms with van der Waals surface area (Å²) in [6.45, 7) is 12.3. The van der Waals surface area contributed by atoms with Gasteiger partial charge in [-0.15, -0.1) is 0 Å². The Kier molecular flexibility index (Phi) is 6.61. The molecule has 1 rings (SSSR count). The molecule has 1 fully saturated rings. The van der Waals surface area contributed by atoms with E-state index in [1.54, 1.807) is 0 Å². The Balaban J connectivity index is 2.57. The number of nitrogens with zero attached hydrogens (tertiary/aromatic N) is 1. The van der Waals surface area contributed by atoms with Crippen LogP contribution in [-0.4, -0.2) is 48.3 Å². The minimum atomic E-state index is 0.244. The zero-order chi connectivity index (χ0) is 13.6. The number of aliphatic hydroxyl groups excluding tert-OH is 1. The predicted molar refractivity (Wildman–Crippen MR) is 77.8 cm³/mol. The summed E-state index contributed by atoms with van der Waals surface area (Å²) in [5.74, 6) is 0. The van der Waals surface area contributed by atoms with Gasteiger partial charge in [-0.1, -0.05) is 33.6 Å². The van der Waals surface area contributed by atoms with Gasteiger partial charge < -0.3 is 10.4 Å². The molecule has 3 heteroatoms. The summed E-state index contributed by atoms with van der Waals surface area (Å²) in [4.78, 5) is 2.51.